The molecule has 4 rings (SSSR count). The lowest BCUT2D eigenvalue weighted by atomic mass is 10.0. The SMILES string of the molecule is Cc1nn(-c2ccccc2)c(C)c1C(=O)O[C@H](C)C(=O)c1ccc2c(c1)CCC2. The Morgan fingerprint density at radius 3 is 2.52 bits per heavy atom. The number of aromatic nitrogens is 2. The van der Waals surface area contributed by atoms with Gasteiger partial charge in [-0.1, -0.05) is 30.3 Å². The molecule has 1 aliphatic carbocycles. The Hall–Kier alpha value is -3.21. The average Bonchev–Trinajstić information content (AvgIpc) is 3.31. The Kier molecular flexibility index (Phi) is 5.05. The largest absolute Gasteiger partial charge is 0.451 e. The molecule has 0 unspecified atom stereocenters. The first-order valence-corrected chi connectivity index (χ1v) is 9.94. The normalized spacial score (nSPS) is 13.8. The molecule has 0 saturated carbocycles. The summed E-state index contributed by atoms with van der Waals surface area (Å²) in [7, 11) is 0. The standard InChI is InChI=1S/C24H24N2O3/c1-15-22(16(2)26(25-15)21-10-5-4-6-11-21)24(28)29-17(3)23(27)20-13-12-18-8-7-9-19(18)14-20/h4-6,10-14,17H,7-9H2,1-3H3/t17-/m1/s1. The lowest BCUT2D eigenvalue weighted by Gasteiger charge is -2.13. The summed E-state index contributed by atoms with van der Waals surface area (Å²) in [4.78, 5) is 25.6. The second-order valence-electron chi connectivity index (χ2n) is 7.54. The summed E-state index contributed by atoms with van der Waals surface area (Å²) in [6, 6.07) is 15.4. The number of carbonyl (C=O) groups is 2. The molecule has 0 saturated heterocycles. The van der Waals surface area contributed by atoms with E-state index in [0.717, 1.165) is 24.9 Å². The van der Waals surface area contributed by atoms with Crippen LogP contribution in [0, 0.1) is 13.8 Å². The molecule has 1 aliphatic rings. The Morgan fingerprint density at radius 2 is 1.76 bits per heavy atom. The molecule has 148 valence electrons. The Balaban J connectivity index is 1.53. The average molecular weight is 388 g/mol. The fourth-order valence-corrected chi connectivity index (χ4v) is 3.99. The van der Waals surface area contributed by atoms with Crippen molar-refractivity contribution in [3.8, 4) is 5.69 Å². The van der Waals surface area contributed by atoms with Crippen molar-refractivity contribution >= 4 is 11.8 Å². The van der Waals surface area contributed by atoms with Crippen molar-refractivity contribution < 1.29 is 14.3 Å². The van der Waals surface area contributed by atoms with Crippen LogP contribution in [-0.2, 0) is 17.6 Å². The highest BCUT2D eigenvalue weighted by atomic mass is 16.5. The molecule has 3 aromatic rings. The third kappa shape index (κ3) is 3.60. The van der Waals surface area contributed by atoms with E-state index >= 15 is 0 Å². The number of fused-ring (bicyclic) bond motifs is 1. The molecule has 0 amide bonds. The predicted molar refractivity (Wildman–Crippen MR) is 111 cm³/mol. The van der Waals surface area contributed by atoms with Crippen molar-refractivity contribution in [1.82, 2.24) is 9.78 Å². The van der Waals surface area contributed by atoms with Gasteiger partial charge in [0.15, 0.2) is 6.10 Å². The molecule has 0 fully saturated rings. The number of aryl methyl sites for hydroxylation is 3. The van der Waals surface area contributed by atoms with Crippen LogP contribution in [0.25, 0.3) is 5.69 Å². The smallest absolute Gasteiger partial charge is 0.342 e. The highest BCUT2D eigenvalue weighted by Crippen LogP contribution is 2.24. The maximum atomic E-state index is 12.8. The van der Waals surface area contributed by atoms with Gasteiger partial charge in [0, 0.05) is 5.56 Å². The van der Waals surface area contributed by atoms with Crippen LogP contribution in [0.15, 0.2) is 48.5 Å². The maximum Gasteiger partial charge on any atom is 0.342 e. The van der Waals surface area contributed by atoms with Crippen LogP contribution in [0.3, 0.4) is 0 Å². The van der Waals surface area contributed by atoms with Crippen molar-refractivity contribution in [2.45, 2.75) is 46.1 Å². The van der Waals surface area contributed by atoms with Gasteiger partial charge in [0.2, 0.25) is 5.78 Å². The first-order chi connectivity index (χ1) is 14.0. The summed E-state index contributed by atoms with van der Waals surface area (Å²) in [5.74, 6) is -0.706. The summed E-state index contributed by atoms with van der Waals surface area (Å²) in [6.45, 7) is 5.23. The van der Waals surface area contributed by atoms with E-state index in [-0.39, 0.29) is 5.78 Å². The summed E-state index contributed by atoms with van der Waals surface area (Å²) in [6.07, 6.45) is 2.34. The van der Waals surface area contributed by atoms with Crippen molar-refractivity contribution in [3.05, 3.63) is 82.2 Å². The van der Waals surface area contributed by atoms with Crippen LogP contribution in [-0.4, -0.2) is 27.6 Å². The highest BCUT2D eigenvalue weighted by Gasteiger charge is 2.26. The second kappa shape index (κ2) is 7.66. The number of para-hydroxylation sites is 1. The molecule has 0 N–H and O–H groups in total. The van der Waals surface area contributed by atoms with Crippen LogP contribution >= 0.6 is 0 Å². The van der Waals surface area contributed by atoms with Gasteiger partial charge in [0.05, 0.1) is 17.1 Å². The van der Waals surface area contributed by atoms with Crippen molar-refractivity contribution in [1.29, 1.82) is 0 Å². The van der Waals surface area contributed by atoms with Crippen LogP contribution in [0.5, 0.6) is 0 Å². The van der Waals surface area contributed by atoms with Crippen LogP contribution in [0.1, 0.15) is 56.6 Å². The number of nitrogens with zero attached hydrogens (tertiary/aromatic N) is 2. The lowest BCUT2D eigenvalue weighted by molar-refractivity contribution is 0.0317. The van der Waals surface area contributed by atoms with Gasteiger partial charge in [-0.15, -0.1) is 0 Å². The highest BCUT2D eigenvalue weighted by molar-refractivity contribution is 6.02. The molecule has 0 spiro atoms. The fraction of sp³-hybridized carbons (Fsp3) is 0.292. The monoisotopic (exact) mass is 388 g/mol. The van der Waals surface area contributed by atoms with E-state index in [1.54, 1.807) is 18.5 Å². The van der Waals surface area contributed by atoms with Gasteiger partial charge in [-0.25, -0.2) is 9.48 Å². The van der Waals surface area contributed by atoms with Crippen molar-refractivity contribution in [2.24, 2.45) is 0 Å². The van der Waals surface area contributed by atoms with Crippen molar-refractivity contribution in [2.75, 3.05) is 0 Å². The van der Waals surface area contributed by atoms with E-state index in [4.69, 9.17) is 4.74 Å². The quantitative estimate of drug-likeness (QED) is 0.480. The van der Waals surface area contributed by atoms with Gasteiger partial charge in [0.25, 0.3) is 0 Å². The van der Waals surface area contributed by atoms with E-state index in [2.05, 4.69) is 5.10 Å². The number of carbonyl (C=O) groups excluding carboxylic acids is 2. The van der Waals surface area contributed by atoms with Crippen LogP contribution < -0.4 is 0 Å². The number of hydrogen-bond donors (Lipinski definition) is 0. The molecule has 0 aliphatic heterocycles. The Bertz CT molecular complexity index is 1080. The Morgan fingerprint density at radius 1 is 1.03 bits per heavy atom. The van der Waals surface area contributed by atoms with Crippen LogP contribution in [0.2, 0.25) is 0 Å². The zero-order valence-corrected chi connectivity index (χ0v) is 16.9. The third-order valence-electron chi connectivity index (χ3n) is 5.53. The molecular weight excluding hydrogens is 364 g/mol. The molecule has 1 heterocycles. The zero-order chi connectivity index (χ0) is 20.5. The van der Waals surface area contributed by atoms with Gasteiger partial charge in [-0.2, -0.15) is 5.10 Å². The fourth-order valence-electron chi connectivity index (χ4n) is 3.99. The molecule has 2 aromatic carbocycles. The molecule has 1 atom stereocenters. The Labute approximate surface area is 170 Å². The van der Waals surface area contributed by atoms with Gasteiger partial charge < -0.3 is 4.74 Å². The van der Waals surface area contributed by atoms with E-state index in [1.165, 1.54) is 11.1 Å². The first kappa shape index (κ1) is 19.1. The first-order valence-electron chi connectivity index (χ1n) is 9.94. The predicted octanol–water partition coefficient (Wildman–Crippen LogP) is 4.41. The van der Waals surface area contributed by atoms with Crippen molar-refractivity contribution in [3.63, 3.8) is 0 Å². The van der Waals surface area contributed by atoms with E-state index in [0.29, 0.717) is 22.5 Å². The number of hydrogen-bond acceptors (Lipinski definition) is 4. The lowest BCUT2D eigenvalue weighted by Crippen LogP contribution is -2.25. The summed E-state index contributed by atoms with van der Waals surface area (Å²) in [5.41, 5.74) is 5.68. The minimum absolute atomic E-state index is 0.182. The molecular formula is C24H24N2O3. The second-order valence-corrected chi connectivity index (χ2v) is 7.54. The number of ketones is 1. The summed E-state index contributed by atoms with van der Waals surface area (Å²) >= 11 is 0. The van der Waals surface area contributed by atoms with Gasteiger partial charge in [-0.05, 0) is 69.4 Å². The molecule has 0 radical (unpaired) electrons. The molecule has 0 bridgehead atoms. The summed E-state index contributed by atoms with van der Waals surface area (Å²) < 4.78 is 7.26. The zero-order valence-electron chi connectivity index (χ0n) is 16.9. The topological polar surface area (TPSA) is 61.2 Å². The minimum Gasteiger partial charge on any atom is -0.451 e. The van der Waals surface area contributed by atoms with E-state index in [9.17, 15) is 9.59 Å². The van der Waals surface area contributed by atoms with Gasteiger partial charge >= 0.3 is 5.97 Å². The van der Waals surface area contributed by atoms with Crippen LogP contribution in [0.4, 0.5) is 0 Å². The maximum absolute atomic E-state index is 12.8. The third-order valence-corrected chi connectivity index (χ3v) is 5.53. The summed E-state index contributed by atoms with van der Waals surface area (Å²) in [5, 5.41) is 4.48. The van der Waals surface area contributed by atoms with Gasteiger partial charge in [0.1, 0.15) is 5.56 Å². The van der Waals surface area contributed by atoms with E-state index in [1.807, 2.05) is 55.5 Å². The molecule has 29 heavy (non-hydrogen) atoms. The number of ether oxygens (including phenoxy) is 1. The van der Waals surface area contributed by atoms with E-state index < -0.39 is 12.1 Å². The minimum atomic E-state index is -0.860. The molecule has 1 aromatic heterocycles. The number of esters is 1. The number of rotatable bonds is 5. The van der Waals surface area contributed by atoms with Gasteiger partial charge in [-0.3, -0.25) is 4.79 Å². The number of benzene rings is 2. The number of Topliss-reactive ketones (excluding diaryl/α,β-unsaturated/α-hetero) is 1. The molecule has 5 heteroatoms. The molecule has 5 nitrogen and oxygen atoms in total.